The van der Waals surface area contributed by atoms with E-state index in [9.17, 15) is 13.2 Å². The zero-order chi connectivity index (χ0) is 24.1. The highest BCUT2D eigenvalue weighted by atomic mass is 32.2. The molecule has 8 nitrogen and oxygen atoms in total. The molecule has 3 aromatic rings. The Morgan fingerprint density at radius 2 is 1.76 bits per heavy atom. The van der Waals surface area contributed by atoms with E-state index in [1.54, 1.807) is 31.2 Å². The summed E-state index contributed by atoms with van der Waals surface area (Å²) in [6.07, 6.45) is 0.182. The van der Waals surface area contributed by atoms with Crippen LogP contribution in [0.3, 0.4) is 0 Å². The van der Waals surface area contributed by atoms with Gasteiger partial charge < -0.3 is 19.5 Å². The van der Waals surface area contributed by atoms with Crippen LogP contribution in [0.5, 0.6) is 17.2 Å². The first-order valence-corrected chi connectivity index (χ1v) is 12.2. The van der Waals surface area contributed by atoms with E-state index in [0.717, 1.165) is 16.7 Å². The number of fused-ring (bicyclic) bond motifs is 1. The smallest absolute Gasteiger partial charge is 0.244 e. The molecule has 3 aromatic carbocycles. The van der Waals surface area contributed by atoms with E-state index < -0.39 is 22.0 Å². The van der Waals surface area contributed by atoms with Crippen molar-refractivity contribution in [2.45, 2.75) is 30.8 Å². The van der Waals surface area contributed by atoms with E-state index in [0.29, 0.717) is 11.5 Å². The van der Waals surface area contributed by atoms with Crippen molar-refractivity contribution in [3.05, 3.63) is 83.4 Å². The first kappa shape index (κ1) is 23.6. The SMILES string of the molecule is COc1ccc(C)cc1S(=O)(=O)NC(Cc1ccccc1)C(=O)NCc1ccc2c(c1)OCO2. The van der Waals surface area contributed by atoms with E-state index in [1.807, 2.05) is 36.4 Å². The van der Waals surface area contributed by atoms with Crippen LogP contribution in [0.4, 0.5) is 0 Å². The van der Waals surface area contributed by atoms with Gasteiger partial charge in [0.05, 0.1) is 7.11 Å². The van der Waals surface area contributed by atoms with Crippen molar-refractivity contribution in [3.63, 3.8) is 0 Å². The lowest BCUT2D eigenvalue weighted by Crippen LogP contribution is -2.47. The number of sulfonamides is 1. The molecule has 0 saturated carbocycles. The first-order chi connectivity index (χ1) is 16.4. The molecule has 9 heteroatoms. The van der Waals surface area contributed by atoms with Gasteiger partial charge in [0.2, 0.25) is 22.7 Å². The average Bonchev–Trinajstić information content (AvgIpc) is 3.30. The van der Waals surface area contributed by atoms with E-state index in [1.165, 1.54) is 13.2 Å². The summed E-state index contributed by atoms with van der Waals surface area (Å²) in [7, 11) is -2.65. The minimum absolute atomic E-state index is 0.0170. The molecule has 4 rings (SSSR count). The van der Waals surface area contributed by atoms with E-state index in [4.69, 9.17) is 14.2 Å². The van der Waals surface area contributed by atoms with Crippen molar-refractivity contribution < 1.29 is 27.4 Å². The molecule has 0 aliphatic carbocycles. The lowest BCUT2D eigenvalue weighted by Gasteiger charge is -2.20. The Labute approximate surface area is 198 Å². The largest absolute Gasteiger partial charge is 0.495 e. The summed E-state index contributed by atoms with van der Waals surface area (Å²) < 4.78 is 45.1. The number of aryl methyl sites for hydroxylation is 1. The van der Waals surface area contributed by atoms with Crippen LogP contribution in [0.25, 0.3) is 0 Å². The van der Waals surface area contributed by atoms with Gasteiger partial charge in [-0.3, -0.25) is 4.79 Å². The third kappa shape index (κ3) is 5.49. The van der Waals surface area contributed by atoms with Crippen LogP contribution in [0.1, 0.15) is 16.7 Å². The van der Waals surface area contributed by atoms with Crippen LogP contribution in [0.2, 0.25) is 0 Å². The molecule has 2 N–H and O–H groups in total. The fourth-order valence-electron chi connectivity index (χ4n) is 3.65. The fourth-order valence-corrected chi connectivity index (χ4v) is 5.09. The topological polar surface area (TPSA) is 103 Å². The van der Waals surface area contributed by atoms with Gasteiger partial charge in [-0.1, -0.05) is 42.5 Å². The summed E-state index contributed by atoms with van der Waals surface area (Å²) in [5, 5.41) is 2.83. The van der Waals surface area contributed by atoms with Gasteiger partial charge in [0.25, 0.3) is 0 Å². The quantitative estimate of drug-likeness (QED) is 0.486. The highest BCUT2D eigenvalue weighted by Crippen LogP contribution is 2.32. The lowest BCUT2D eigenvalue weighted by molar-refractivity contribution is -0.122. The molecule has 34 heavy (non-hydrogen) atoms. The number of benzene rings is 3. The summed E-state index contributed by atoms with van der Waals surface area (Å²) in [6.45, 7) is 2.16. The first-order valence-electron chi connectivity index (χ1n) is 10.7. The molecule has 1 aliphatic rings. The maximum absolute atomic E-state index is 13.3. The summed E-state index contributed by atoms with van der Waals surface area (Å²) in [6, 6.07) is 18.5. The van der Waals surface area contributed by atoms with Crippen molar-refractivity contribution >= 4 is 15.9 Å². The molecular formula is C25H26N2O6S. The Bertz CT molecular complexity index is 1280. The molecule has 1 unspecified atom stereocenters. The number of carbonyl (C=O) groups excluding carboxylic acids is 1. The fraction of sp³-hybridized carbons (Fsp3) is 0.240. The van der Waals surface area contributed by atoms with Gasteiger partial charge in [0.1, 0.15) is 16.7 Å². The number of rotatable bonds is 9. The zero-order valence-corrected chi connectivity index (χ0v) is 19.7. The third-order valence-corrected chi connectivity index (χ3v) is 6.90. The Kier molecular flexibility index (Phi) is 7.04. The van der Waals surface area contributed by atoms with Gasteiger partial charge in [0.15, 0.2) is 11.5 Å². The van der Waals surface area contributed by atoms with Crippen molar-refractivity contribution in [1.82, 2.24) is 10.0 Å². The number of amides is 1. The number of nitrogens with one attached hydrogen (secondary N) is 2. The van der Waals surface area contributed by atoms with Crippen molar-refractivity contribution in [1.29, 1.82) is 0 Å². The van der Waals surface area contributed by atoms with E-state index in [-0.39, 0.29) is 30.4 Å². The predicted octanol–water partition coefficient (Wildman–Crippen LogP) is 2.94. The Balaban J connectivity index is 1.55. The highest BCUT2D eigenvalue weighted by molar-refractivity contribution is 7.89. The summed E-state index contributed by atoms with van der Waals surface area (Å²) >= 11 is 0. The second-order valence-electron chi connectivity index (χ2n) is 7.92. The molecule has 1 amide bonds. The standard InChI is InChI=1S/C25H26N2O6S/c1-17-8-10-22(31-2)24(12-17)34(29,30)27-20(13-18-6-4-3-5-7-18)25(28)26-15-19-9-11-21-23(14-19)33-16-32-21/h3-12,14,20,27H,13,15-16H2,1-2H3,(H,26,28). The highest BCUT2D eigenvalue weighted by Gasteiger charge is 2.28. The summed E-state index contributed by atoms with van der Waals surface area (Å²) in [4.78, 5) is 13.1. The maximum atomic E-state index is 13.3. The number of hydrogen-bond donors (Lipinski definition) is 2. The van der Waals surface area contributed by atoms with Crippen LogP contribution in [-0.4, -0.2) is 34.3 Å². The van der Waals surface area contributed by atoms with Crippen LogP contribution in [-0.2, 0) is 27.8 Å². The molecule has 1 aliphatic heterocycles. The number of ether oxygens (including phenoxy) is 3. The van der Waals surface area contributed by atoms with Gasteiger partial charge in [-0.05, 0) is 54.3 Å². The minimum atomic E-state index is -4.05. The molecule has 0 bridgehead atoms. The Hall–Kier alpha value is -3.56. The van der Waals surface area contributed by atoms with Crippen LogP contribution < -0.4 is 24.2 Å². The van der Waals surface area contributed by atoms with Gasteiger partial charge in [-0.25, -0.2) is 8.42 Å². The molecule has 0 radical (unpaired) electrons. The number of methoxy groups -OCH3 is 1. The molecule has 0 fully saturated rings. The molecular weight excluding hydrogens is 456 g/mol. The zero-order valence-electron chi connectivity index (χ0n) is 18.9. The molecule has 178 valence electrons. The van der Waals surface area contributed by atoms with Crippen molar-refractivity contribution in [2.24, 2.45) is 0 Å². The predicted molar refractivity (Wildman–Crippen MR) is 126 cm³/mol. The molecule has 1 atom stereocenters. The summed E-state index contributed by atoms with van der Waals surface area (Å²) in [5.41, 5.74) is 2.39. The summed E-state index contributed by atoms with van der Waals surface area (Å²) in [5.74, 6) is 1.02. The van der Waals surface area contributed by atoms with Gasteiger partial charge in [-0.2, -0.15) is 4.72 Å². The van der Waals surface area contributed by atoms with Crippen molar-refractivity contribution in [3.8, 4) is 17.2 Å². The van der Waals surface area contributed by atoms with Gasteiger partial charge in [0, 0.05) is 6.54 Å². The third-order valence-electron chi connectivity index (χ3n) is 5.41. The number of hydrogen-bond acceptors (Lipinski definition) is 6. The minimum Gasteiger partial charge on any atom is -0.495 e. The number of carbonyl (C=O) groups is 1. The Morgan fingerprint density at radius 1 is 1.00 bits per heavy atom. The molecule has 0 aromatic heterocycles. The van der Waals surface area contributed by atoms with Crippen LogP contribution in [0, 0.1) is 6.92 Å². The van der Waals surface area contributed by atoms with Crippen molar-refractivity contribution in [2.75, 3.05) is 13.9 Å². The van der Waals surface area contributed by atoms with Gasteiger partial charge >= 0.3 is 0 Å². The van der Waals surface area contributed by atoms with E-state index in [2.05, 4.69) is 10.0 Å². The monoisotopic (exact) mass is 482 g/mol. The van der Waals surface area contributed by atoms with Crippen LogP contribution >= 0.6 is 0 Å². The molecule has 0 spiro atoms. The second-order valence-corrected chi connectivity index (χ2v) is 9.61. The average molecular weight is 483 g/mol. The van der Waals surface area contributed by atoms with Crippen LogP contribution in [0.15, 0.2) is 71.6 Å². The molecule has 0 saturated heterocycles. The Morgan fingerprint density at radius 3 is 2.53 bits per heavy atom. The van der Waals surface area contributed by atoms with E-state index >= 15 is 0 Å². The maximum Gasteiger partial charge on any atom is 0.244 e. The second kappa shape index (κ2) is 10.1. The van der Waals surface area contributed by atoms with Gasteiger partial charge in [-0.15, -0.1) is 0 Å². The molecule has 1 heterocycles. The lowest BCUT2D eigenvalue weighted by atomic mass is 10.1. The normalized spacial score (nSPS) is 13.4.